The van der Waals surface area contributed by atoms with Crippen molar-refractivity contribution in [2.24, 2.45) is 5.92 Å². The van der Waals surface area contributed by atoms with Crippen LogP contribution < -0.4 is 10.5 Å². The van der Waals surface area contributed by atoms with Gasteiger partial charge in [-0.05, 0) is 72.2 Å². The number of ether oxygens (including phenoxy) is 3. The van der Waals surface area contributed by atoms with E-state index in [2.05, 4.69) is 15.9 Å². The number of fused-ring (bicyclic) bond motifs is 2. The first-order valence-electron chi connectivity index (χ1n) is 14.8. The number of aromatic nitrogens is 1. The number of halogens is 2. The number of allylic oxidation sites excluding steroid dienone is 3. The number of rotatable bonds is 8. The summed E-state index contributed by atoms with van der Waals surface area (Å²) in [6.45, 7) is 2.04. The minimum absolute atomic E-state index is 0.0308. The highest BCUT2D eigenvalue weighted by Gasteiger charge is 2.44. The second-order valence-electron chi connectivity index (χ2n) is 11.7. The molecule has 9 nitrogen and oxygen atoms in total. The number of esters is 1. The maximum absolute atomic E-state index is 15.2. The zero-order chi connectivity index (χ0) is 30.5. The normalized spacial score (nSPS) is 24.3. The monoisotopic (exact) mass is 656 g/mol. The van der Waals surface area contributed by atoms with Crippen molar-refractivity contribution < 1.29 is 33.3 Å². The predicted octanol–water partition coefficient (Wildman–Crippen LogP) is 5.00. The molecule has 0 amide bonds. The number of benzene rings is 1. The van der Waals surface area contributed by atoms with Crippen LogP contribution in [0.2, 0.25) is 0 Å². The van der Waals surface area contributed by atoms with Crippen molar-refractivity contribution in [3.05, 3.63) is 73.0 Å². The highest BCUT2D eigenvalue weighted by molar-refractivity contribution is 9.12. The molecule has 1 saturated heterocycles. The average molecular weight is 658 g/mol. The molecule has 0 spiro atoms. The van der Waals surface area contributed by atoms with Gasteiger partial charge in [0.15, 0.2) is 11.9 Å². The van der Waals surface area contributed by atoms with E-state index < -0.39 is 35.3 Å². The number of hydrogen-bond acceptors (Lipinski definition) is 8. The van der Waals surface area contributed by atoms with Crippen molar-refractivity contribution in [3.8, 4) is 0 Å². The van der Waals surface area contributed by atoms with Gasteiger partial charge in [-0.1, -0.05) is 19.8 Å². The van der Waals surface area contributed by atoms with Crippen molar-refractivity contribution in [1.29, 1.82) is 0 Å². The number of hydrogen-bond donors (Lipinski definition) is 1. The summed E-state index contributed by atoms with van der Waals surface area (Å²) in [5, 5.41) is 10.9. The van der Waals surface area contributed by atoms with Gasteiger partial charge in [-0.3, -0.25) is 4.79 Å². The second-order valence-corrected chi connectivity index (χ2v) is 12.5. The standard InChI is InChI=1S/C32H34BrFN2O7/c1-3-32(40)24-9-10-36(30(38)23(24)17-42-31(32)39)15-25-28(33)22(16-37)20-13-19(34)14-21(29(20)35(25)2)26(12-18-7-8-18)43-27-6-4-5-11-41-27/h9-10,13-14,18,26-27,40H,3-8,11-12,15,17H2,1-2H3/t26?,27?,32-/m0/s1. The Morgan fingerprint density at radius 3 is 2.72 bits per heavy atom. The number of aliphatic hydroxyl groups is 1. The van der Waals surface area contributed by atoms with Crippen LogP contribution in [0.5, 0.6) is 0 Å². The summed E-state index contributed by atoms with van der Waals surface area (Å²) in [7, 11) is 1.81. The van der Waals surface area contributed by atoms with E-state index in [-0.39, 0.29) is 36.3 Å². The lowest BCUT2D eigenvalue weighted by atomic mass is 9.87. The van der Waals surface area contributed by atoms with E-state index in [1.165, 1.54) is 22.9 Å². The van der Waals surface area contributed by atoms with E-state index in [1.54, 1.807) is 13.0 Å². The molecule has 1 aromatic heterocycles. The zero-order valence-electron chi connectivity index (χ0n) is 24.2. The number of anilines is 1. The number of carbonyl (C=O) groups excluding carboxylic acids is 2. The molecular formula is C32H34BrFN2O7. The van der Waals surface area contributed by atoms with Gasteiger partial charge in [0.2, 0.25) is 0 Å². The minimum atomic E-state index is -1.89. The van der Waals surface area contributed by atoms with Gasteiger partial charge in [0.05, 0.1) is 39.7 Å². The van der Waals surface area contributed by atoms with Gasteiger partial charge in [-0.25, -0.2) is 14.0 Å². The van der Waals surface area contributed by atoms with Crippen LogP contribution in [0.25, 0.3) is 5.57 Å². The molecule has 4 heterocycles. The van der Waals surface area contributed by atoms with E-state index in [0.717, 1.165) is 32.1 Å². The summed E-state index contributed by atoms with van der Waals surface area (Å²) in [4.78, 5) is 40.2. The van der Waals surface area contributed by atoms with E-state index in [4.69, 9.17) is 14.2 Å². The van der Waals surface area contributed by atoms with Crippen LogP contribution in [0.4, 0.5) is 10.1 Å². The highest BCUT2D eigenvalue weighted by atomic mass is 79.9. The van der Waals surface area contributed by atoms with Crippen LogP contribution in [0, 0.1) is 11.7 Å². The van der Waals surface area contributed by atoms with Gasteiger partial charge in [0.1, 0.15) is 18.4 Å². The maximum Gasteiger partial charge on any atom is 0.343 e. The molecule has 11 heteroatoms. The molecule has 228 valence electrons. The molecule has 0 radical (unpaired) electrons. The smallest absolute Gasteiger partial charge is 0.343 e. The quantitative estimate of drug-likeness (QED) is 0.313. The van der Waals surface area contributed by atoms with Gasteiger partial charge in [0, 0.05) is 36.5 Å². The third-order valence-corrected chi connectivity index (χ3v) is 9.82. The molecule has 4 aliphatic rings. The number of pyridine rings is 1. The van der Waals surface area contributed by atoms with Crippen molar-refractivity contribution in [2.75, 3.05) is 18.6 Å². The topological polar surface area (TPSA) is 107 Å². The summed E-state index contributed by atoms with van der Waals surface area (Å²) in [5.74, 6) is 1.18. The van der Waals surface area contributed by atoms with Crippen LogP contribution in [-0.2, 0) is 42.6 Å². The lowest BCUT2D eigenvalue weighted by Crippen LogP contribution is -2.44. The Morgan fingerprint density at radius 1 is 1.26 bits per heavy atom. The Hall–Kier alpha value is -3.08. The third-order valence-electron chi connectivity index (χ3n) is 8.96. The molecule has 1 aliphatic carbocycles. The lowest BCUT2D eigenvalue weighted by Gasteiger charge is -2.36. The molecule has 6 rings (SSSR count). The van der Waals surface area contributed by atoms with Crippen molar-refractivity contribution in [2.45, 2.75) is 83.0 Å². The van der Waals surface area contributed by atoms with Crippen LogP contribution in [0.15, 0.2) is 39.4 Å². The number of nitrogens with zero attached hydrogens (tertiary/aromatic N) is 2. The lowest BCUT2D eigenvalue weighted by molar-refractivity contribution is -0.192. The van der Waals surface area contributed by atoms with Crippen LogP contribution in [-0.4, -0.2) is 41.5 Å². The SMILES string of the molecule is CC[C@@]1(O)C(=O)OCc2c1ccn(CC1=C(Br)C(=C=O)c3cc(F)cc(C(CC4CC4)OC4CCCCO4)c3N1C)c2=O. The first-order valence-corrected chi connectivity index (χ1v) is 15.6. The molecular weight excluding hydrogens is 623 g/mol. The van der Waals surface area contributed by atoms with E-state index in [9.17, 15) is 19.5 Å². The first kappa shape index (κ1) is 30.0. The molecule has 1 N–H and O–H groups in total. The average Bonchev–Trinajstić information content (AvgIpc) is 3.82. The molecule has 2 aromatic rings. The maximum atomic E-state index is 15.2. The number of carbonyl (C=O) groups is 1. The third kappa shape index (κ3) is 5.42. The van der Waals surface area contributed by atoms with Gasteiger partial charge in [-0.2, -0.15) is 0 Å². The van der Waals surface area contributed by atoms with E-state index in [0.29, 0.717) is 45.9 Å². The molecule has 2 unspecified atom stereocenters. The Balaban J connectivity index is 1.41. The molecule has 1 saturated carbocycles. The van der Waals surface area contributed by atoms with Crippen molar-refractivity contribution in [3.63, 3.8) is 0 Å². The number of cyclic esters (lactones) is 1. The fourth-order valence-electron chi connectivity index (χ4n) is 6.30. The molecule has 1 aromatic carbocycles. The van der Waals surface area contributed by atoms with E-state index in [1.807, 2.05) is 17.9 Å². The van der Waals surface area contributed by atoms with Crippen LogP contribution in [0.1, 0.15) is 80.2 Å². The minimum Gasteiger partial charge on any atom is -0.458 e. The van der Waals surface area contributed by atoms with Crippen molar-refractivity contribution >= 4 is 39.1 Å². The molecule has 2 fully saturated rings. The van der Waals surface area contributed by atoms with Gasteiger partial charge >= 0.3 is 5.97 Å². The summed E-state index contributed by atoms with van der Waals surface area (Å²) >= 11 is 3.54. The van der Waals surface area contributed by atoms with Gasteiger partial charge in [-0.15, -0.1) is 0 Å². The van der Waals surface area contributed by atoms with Crippen LogP contribution >= 0.6 is 15.9 Å². The zero-order valence-corrected chi connectivity index (χ0v) is 25.7. The second kappa shape index (κ2) is 11.8. The van der Waals surface area contributed by atoms with Crippen LogP contribution in [0.3, 0.4) is 0 Å². The summed E-state index contributed by atoms with van der Waals surface area (Å²) in [6.07, 6.45) is 6.32. The predicted molar refractivity (Wildman–Crippen MR) is 159 cm³/mol. The van der Waals surface area contributed by atoms with E-state index >= 15 is 4.39 Å². The Bertz CT molecular complexity index is 1600. The summed E-state index contributed by atoms with van der Waals surface area (Å²) in [5.41, 5.74) is 0.430. The molecule has 3 aliphatic heterocycles. The first-order chi connectivity index (χ1) is 20.7. The fourth-order valence-corrected chi connectivity index (χ4v) is 6.99. The Labute approximate surface area is 257 Å². The Morgan fingerprint density at radius 2 is 2.05 bits per heavy atom. The van der Waals surface area contributed by atoms with Gasteiger partial charge in [0.25, 0.3) is 5.56 Å². The fraction of sp³-hybridized carbons (Fsp3) is 0.500. The van der Waals surface area contributed by atoms with Gasteiger partial charge < -0.3 is 28.8 Å². The molecule has 43 heavy (non-hydrogen) atoms. The highest BCUT2D eigenvalue weighted by Crippen LogP contribution is 2.49. The molecule has 0 bridgehead atoms. The Kier molecular flexibility index (Phi) is 8.21. The number of likely N-dealkylation sites (N-methyl/N-ethyl adjacent to an activating group) is 1. The summed E-state index contributed by atoms with van der Waals surface area (Å²) < 4.78 is 34.6. The van der Waals surface area contributed by atoms with Crippen molar-refractivity contribution in [1.82, 2.24) is 4.57 Å². The molecule has 3 atom stereocenters. The summed E-state index contributed by atoms with van der Waals surface area (Å²) in [6, 6.07) is 4.35. The largest absolute Gasteiger partial charge is 0.458 e.